The zero-order valence-electron chi connectivity index (χ0n) is 21.0. The average Bonchev–Trinajstić information content (AvgIpc) is 3.67. The van der Waals surface area contributed by atoms with Crippen LogP contribution >= 0.6 is 11.3 Å². The zero-order valence-corrected chi connectivity index (χ0v) is 21.8. The van der Waals surface area contributed by atoms with Gasteiger partial charge in [-0.3, -0.25) is 4.57 Å². The van der Waals surface area contributed by atoms with E-state index in [0.717, 1.165) is 56.6 Å². The van der Waals surface area contributed by atoms with E-state index in [4.69, 9.17) is 9.40 Å². The highest BCUT2D eigenvalue weighted by Crippen LogP contribution is 2.45. The quantitative estimate of drug-likeness (QED) is 0.228. The van der Waals surface area contributed by atoms with E-state index in [1.54, 1.807) is 11.3 Å². The van der Waals surface area contributed by atoms with Crippen molar-refractivity contribution in [2.24, 2.45) is 0 Å². The standard InChI is InChI=1S/C35H22N2OS/c1-2-10-21(11-3-1)26-20-31-32(25-15-7-9-17-30(25)38-31)34-33(26)36-35(39-34)37-28-16-8-6-14-24(28)27-18-22-12-4-5-13-23(22)19-29(27)37/h1-7,9-15,17-20H,8,16H2. The van der Waals surface area contributed by atoms with E-state index < -0.39 is 0 Å². The van der Waals surface area contributed by atoms with E-state index >= 15 is 0 Å². The van der Waals surface area contributed by atoms with Crippen molar-refractivity contribution in [3.8, 4) is 16.3 Å². The largest absolute Gasteiger partial charge is 0.456 e. The lowest BCUT2D eigenvalue weighted by atomic mass is 10.0. The van der Waals surface area contributed by atoms with Gasteiger partial charge in [-0.15, -0.1) is 0 Å². The number of thiazole rings is 1. The Hall–Kier alpha value is -4.67. The number of hydrogen-bond acceptors (Lipinski definition) is 3. The minimum atomic E-state index is 0.908. The third kappa shape index (κ3) is 3.01. The maximum Gasteiger partial charge on any atom is 0.195 e. The van der Waals surface area contributed by atoms with E-state index in [-0.39, 0.29) is 0 Å². The average molecular weight is 519 g/mol. The van der Waals surface area contributed by atoms with Gasteiger partial charge in [-0.2, -0.15) is 0 Å². The highest BCUT2D eigenvalue weighted by molar-refractivity contribution is 7.22. The summed E-state index contributed by atoms with van der Waals surface area (Å²) in [4.78, 5) is 5.42. The van der Waals surface area contributed by atoms with Crippen molar-refractivity contribution >= 4 is 71.2 Å². The second kappa shape index (κ2) is 7.92. The Kier molecular flexibility index (Phi) is 4.32. The first-order chi connectivity index (χ1) is 19.3. The van der Waals surface area contributed by atoms with Crippen LogP contribution in [0, 0.1) is 0 Å². The number of furan rings is 1. The molecule has 0 aliphatic heterocycles. The van der Waals surface area contributed by atoms with Gasteiger partial charge in [0.15, 0.2) is 5.13 Å². The molecule has 5 aromatic carbocycles. The van der Waals surface area contributed by atoms with Gasteiger partial charge in [0.05, 0.1) is 15.7 Å². The predicted octanol–water partition coefficient (Wildman–Crippen LogP) is 9.92. The Morgan fingerprint density at radius 1 is 0.769 bits per heavy atom. The lowest BCUT2D eigenvalue weighted by Crippen LogP contribution is -2.02. The molecule has 0 unspecified atom stereocenters. The lowest BCUT2D eigenvalue weighted by molar-refractivity contribution is 0.669. The van der Waals surface area contributed by atoms with Crippen molar-refractivity contribution in [2.75, 3.05) is 0 Å². The zero-order chi connectivity index (χ0) is 25.5. The summed E-state index contributed by atoms with van der Waals surface area (Å²) < 4.78 is 9.99. The molecule has 1 aliphatic carbocycles. The highest BCUT2D eigenvalue weighted by atomic mass is 32.1. The third-order valence-electron chi connectivity index (χ3n) is 8.08. The molecule has 0 saturated heterocycles. The van der Waals surface area contributed by atoms with Gasteiger partial charge in [-0.25, -0.2) is 4.98 Å². The van der Waals surface area contributed by atoms with Crippen LogP contribution < -0.4 is 0 Å². The summed E-state index contributed by atoms with van der Waals surface area (Å²) in [6, 6.07) is 34.4. The number of fused-ring (bicyclic) bond motifs is 9. The Morgan fingerprint density at radius 2 is 1.56 bits per heavy atom. The van der Waals surface area contributed by atoms with Crippen molar-refractivity contribution in [2.45, 2.75) is 12.8 Å². The normalized spacial score (nSPS) is 13.3. The molecule has 1 aliphatic rings. The van der Waals surface area contributed by atoms with Crippen LogP contribution in [0.15, 0.2) is 108 Å². The molecule has 3 heterocycles. The van der Waals surface area contributed by atoms with Crippen molar-refractivity contribution in [3.63, 3.8) is 0 Å². The summed E-state index contributed by atoms with van der Waals surface area (Å²) in [6.45, 7) is 0. The molecule has 39 heavy (non-hydrogen) atoms. The van der Waals surface area contributed by atoms with Crippen LogP contribution in [-0.2, 0) is 6.42 Å². The SMILES string of the molecule is C1=Cc2c(n(-c3nc4c(-c5ccccc5)cc5oc6ccccc6c5c4s3)c3cc4ccccc4cc23)CC1. The smallest absolute Gasteiger partial charge is 0.195 e. The van der Waals surface area contributed by atoms with E-state index in [1.807, 2.05) is 6.07 Å². The Bertz CT molecular complexity index is 2280. The van der Waals surface area contributed by atoms with E-state index in [1.165, 1.54) is 37.6 Å². The maximum atomic E-state index is 6.39. The van der Waals surface area contributed by atoms with Crippen molar-refractivity contribution in [3.05, 3.63) is 114 Å². The molecular weight excluding hydrogens is 496 g/mol. The summed E-state index contributed by atoms with van der Waals surface area (Å²) in [5.74, 6) is 0. The van der Waals surface area contributed by atoms with Crippen LogP contribution in [0.2, 0.25) is 0 Å². The summed E-state index contributed by atoms with van der Waals surface area (Å²) in [7, 11) is 0. The number of hydrogen-bond donors (Lipinski definition) is 0. The van der Waals surface area contributed by atoms with Gasteiger partial charge in [0, 0.05) is 33.0 Å². The van der Waals surface area contributed by atoms with Gasteiger partial charge in [-0.1, -0.05) is 96.3 Å². The highest BCUT2D eigenvalue weighted by Gasteiger charge is 2.24. The van der Waals surface area contributed by atoms with Crippen LogP contribution in [-0.4, -0.2) is 9.55 Å². The topological polar surface area (TPSA) is 31.0 Å². The minimum absolute atomic E-state index is 0.908. The maximum absolute atomic E-state index is 6.39. The minimum Gasteiger partial charge on any atom is -0.456 e. The van der Waals surface area contributed by atoms with Gasteiger partial charge in [0.2, 0.25) is 0 Å². The lowest BCUT2D eigenvalue weighted by Gasteiger charge is -2.10. The van der Waals surface area contributed by atoms with Crippen molar-refractivity contribution < 1.29 is 4.42 Å². The number of rotatable bonds is 2. The molecule has 0 radical (unpaired) electrons. The number of aromatic nitrogens is 2. The van der Waals surface area contributed by atoms with Crippen LogP contribution in [0.25, 0.3) is 76.2 Å². The van der Waals surface area contributed by atoms with Gasteiger partial charge in [-0.05, 0) is 53.4 Å². The molecule has 0 spiro atoms. The van der Waals surface area contributed by atoms with Gasteiger partial charge < -0.3 is 4.42 Å². The molecule has 8 aromatic rings. The van der Waals surface area contributed by atoms with E-state index in [2.05, 4.69) is 108 Å². The molecule has 0 bridgehead atoms. The molecular formula is C35H22N2OS. The molecule has 3 aromatic heterocycles. The second-order valence-electron chi connectivity index (χ2n) is 10.3. The van der Waals surface area contributed by atoms with Crippen molar-refractivity contribution in [1.29, 1.82) is 0 Å². The number of para-hydroxylation sites is 1. The third-order valence-corrected chi connectivity index (χ3v) is 9.14. The molecule has 0 N–H and O–H groups in total. The fourth-order valence-corrected chi connectivity index (χ4v) is 7.50. The molecule has 9 rings (SSSR count). The summed E-state index contributed by atoms with van der Waals surface area (Å²) in [6.07, 6.45) is 6.65. The first kappa shape index (κ1) is 21.3. The number of benzene rings is 5. The molecule has 0 amide bonds. The van der Waals surface area contributed by atoms with Gasteiger partial charge >= 0.3 is 0 Å². The van der Waals surface area contributed by atoms with E-state index in [9.17, 15) is 0 Å². The van der Waals surface area contributed by atoms with Crippen LogP contribution in [0.3, 0.4) is 0 Å². The molecule has 184 valence electrons. The van der Waals surface area contributed by atoms with Gasteiger partial charge in [0.1, 0.15) is 11.2 Å². The first-order valence-electron chi connectivity index (χ1n) is 13.4. The van der Waals surface area contributed by atoms with Crippen molar-refractivity contribution in [1.82, 2.24) is 9.55 Å². The summed E-state index contributed by atoms with van der Waals surface area (Å²) in [5, 5.41) is 7.11. The van der Waals surface area contributed by atoms with E-state index in [0.29, 0.717) is 0 Å². The molecule has 0 atom stereocenters. The van der Waals surface area contributed by atoms with Crippen LogP contribution in [0.5, 0.6) is 0 Å². The molecule has 4 heteroatoms. The predicted molar refractivity (Wildman–Crippen MR) is 164 cm³/mol. The van der Waals surface area contributed by atoms with Gasteiger partial charge in [0.25, 0.3) is 0 Å². The van der Waals surface area contributed by atoms with Crippen LogP contribution in [0.4, 0.5) is 0 Å². The molecule has 0 saturated carbocycles. The fourth-order valence-electron chi connectivity index (χ4n) is 6.32. The second-order valence-corrected chi connectivity index (χ2v) is 11.3. The summed E-state index contributed by atoms with van der Waals surface area (Å²) in [5.41, 5.74) is 8.99. The fraction of sp³-hybridized carbons (Fsp3) is 0.0571. The Balaban J connectivity index is 1.43. The summed E-state index contributed by atoms with van der Waals surface area (Å²) >= 11 is 1.77. The number of allylic oxidation sites excluding steroid dienone is 1. The first-order valence-corrected chi connectivity index (χ1v) is 14.2. The van der Waals surface area contributed by atoms with Crippen LogP contribution in [0.1, 0.15) is 17.7 Å². The molecule has 0 fully saturated rings. The monoisotopic (exact) mass is 518 g/mol. The molecule has 3 nitrogen and oxygen atoms in total. The Morgan fingerprint density at radius 3 is 2.46 bits per heavy atom. The number of nitrogens with zero attached hydrogens (tertiary/aromatic N) is 2. The Labute approximate surface area is 228 Å².